The summed E-state index contributed by atoms with van der Waals surface area (Å²) in [5, 5.41) is 15.0. The molecule has 2 heterocycles. The van der Waals surface area contributed by atoms with Gasteiger partial charge in [0, 0.05) is 31.0 Å². The van der Waals surface area contributed by atoms with Crippen LogP contribution >= 0.6 is 0 Å². The Hall–Kier alpha value is -3.14. The lowest BCUT2D eigenvalue weighted by molar-refractivity contribution is 0.1000. The Labute approximate surface area is 121 Å². The number of carbonyl (C=O) groups is 1. The molecule has 1 amide bonds. The molecular formula is C14H14N6O. The maximum Gasteiger partial charge on any atom is 0.248 e. The third kappa shape index (κ3) is 3.91. The molecule has 0 bridgehead atoms. The molecule has 0 saturated heterocycles. The molecule has 2 aromatic heterocycles. The number of rotatable bonds is 6. The zero-order chi connectivity index (χ0) is 15.1. The topological polar surface area (TPSA) is 117 Å². The molecular weight excluding hydrogens is 268 g/mol. The predicted molar refractivity (Wildman–Crippen MR) is 78.7 cm³/mol. The first kappa shape index (κ1) is 14.3. The van der Waals surface area contributed by atoms with Crippen LogP contribution in [0.3, 0.4) is 0 Å². The van der Waals surface area contributed by atoms with Crippen LogP contribution in [0.1, 0.15) is 15.9 Å². The van der Waals surface area contributed by atoms with E-state index in [1.54, 1.807) is 30.5 Å². The standard InChI is InChI=1S/C14H14N6O/c15-9-11-2-1-4-19-14(11)20-7-6-18-12-8-10(13(16)21)3-5-17-12/h1-5,8H,6-7H2,(H2,16,21)(H,17,18)(H,19,20). The van der Waals surface area contributed by atoms with E-state index in [-0.39, 0.29) is 0 Å². The molecule has 0 spiro atoms. The summed E-state index contributed by atoms with van der Waals surface area (Å²) in [6.07, 6.45) is 3.14. The van der Waals surface area contributed by atoms with Crippen LogP contribution in [0.25, 0.3) is 0 Å². The van der Waals surface area contributed by atoms with E-state index in [0.29, 0.717) is 35.9 Å². The molecule has 7 heteroatoms. The number of amides is 1. The average molecular weight is 282 g/mol. The molecule has 0 unspecified atom stereocenters. The predicted octanol–water partition coefficient (Wildman–Crippen LogP) is 0.971. The summed E-state index contributed by atoms with van der Waals surface area (Å²) in [4.78, 5) is 19.2. The fourth-order valence-corrected chi connectivity index (χ4v) is 1.69. The van der Waals surface area contributed by atoms with Gasteiger partial charge in [-0.3, -0.25) is 4.79 Å². The van der Waals surface area contributed by atoms with Gasteiger partial charge in [-0.05, 0) is 24.3 Å². The van der Waals surface area contributed by atoms with E-state index in [2.05, 4.69) is 26.7 Å². The van der Waals surface area contributed by atoms with Gasteiger partial charge in [0.25, 0.3) is 0 Å². The number of nitriles is 1. The van der Waals surface area contributed by atoms with Crippen molar-refractivity contribution < 1.29 is 4.79 Å². The fraction of sp³-hybridized carbons (Fsp3) is 0.143. The lowest BCUT2D eigenvalue weighted by atomic mass is 10.2. The SMILES string of the molecule is N#Cc1cccnc1NCCNc1cc(C(N)=O)ccn1. The summed E-state index contributed by atoms with van der Waals surface area (Å²) in [7, 11) is 0. The molecule has 0 aromatic carbocycles. The second kappa shape index (κ2) is 6.86. The van der Waals surface area contributed by atoms with Gasteiger partial charge in [0.1, 0.15) is 17.7 Å². The minimum atomic E-state index is -0.495. The van der Waals surface area contributed by atoms with Gasteiger partial charge < -0.3 is 16.4 Å². The molecule has 0 aliphatic heterocycles. The number of pyridine rings is 2. The van der Waals surface area contributed by atoms with Gasteiger partial charge in [-0.1, -0.05) is 0 Å². The normalized spacial score (nSPS) is 9.67. The molecule has 0 saturated carbocycles. The Morgan fingerprint density at radius 2 is 2.05 bits per heavy atom. The van der Waals surface area contributed by atoms with Crippen molar-refractivity contribution in [2.24, 2.45) is 5.73 Å². The summed E-state index contributed by atoms with van der Waals surface area (Å²) in [6.45, 7) is 1.10. The van der Waals surface area contributed by atoms with Gasteiger partial charge in [-0.2, -0.15) is 5.26 Å². The van der Waals surface area contributed by atoms with Crippen LogP contribution < -0.4 is 16.4 Å². The highest BCUT2D eigenvalue weighted by molar-refractivity contribution is 5.93. The molecule has 106 valence electrons. The van der Waals surface area contributed by atoms with Crippen molar-refractivity contribution in [1.82, 2.24) is 9.97 Å². The molecule has 0 aliphatic rings. The summed E-state index contributed by atoms with van der Waals surface area (Å²) >= 11 is 0. The molecule has 2 aromatic rings. The summed E-state index contributed by atoms with van der Waals surface area (Å²) < 4.78 is 0. The monoisotopic (exact) mass is 282 g/mol. The van der Waals surface area contributed by atoms with Crippen molar-refractivity contribution in [2.75, 3.05) is 23.7 Å². The van der Waals surface area contributed by atoms with E-state index in [4.69, 9.17) is 11.0 Å². The van der Waals surface area contributed by atoms with Crippen LogP contribution in [0.2, 0.25) is 0 Å². The van der Waals surface area contributed by atoms with Gasteiger partial charge in [-0.25, -0.2) is 9.97 Å². The van der Waals surface area contributed by atoms with E-state index < -0.39 is 5.91 Å². The third-order valence-corrected chi connectivity index (χ3v) is 2.70. The largest absolute Gasteiger partial charge is 0.368 e. The smallest absolute Gasteiger partial charge is 0.248 e. The second-order valence-corrected chi connectivity index (χ2v) is 4.16. The minimum absolute atomic E-state index is 0.400. The van der Waals surface area contributed by atoms with E-state index in [9.17, 15) is 4.79 Å². The summed E-state index contributed by atoms with van der Waals surface area (Å²) in [5.41, 5.74) is 6.09. The molecule has 0 atom stereocenters. The maximum absolute atomic E-state index is 11.1. The van der Waals surface area contributed by atoms with Crippen molar-refractivity contribution >= 4 is 17.5 Å². The summed E-state index contributed by atoms with van der Waals surface area (Å²) in [5.74, 6) is 0.612. The molecule has 0 fully saturated rings. The second-order valence-electron chi connectivity index (χ2n) is 4.16. The number of nitrogens with zero attached hydrogens (tertiary/aromatic N) is 3. The zero-order valence-electron chi connectivity index (χ0n) is 11.2. The van der Waals surface area contributed by atoms with Crippen LogP contribution in [-0.2, 0) is 0 Å². The number of aromatic nitrogens is 2. The number of hydrogen-bond acceptors (Lipinski definition) is 6. The Morgan fingerprint density at radius 3 is 2.81 bits per heavy atom. The fourth-order valence-electron chi connectivity index (χ4n) is 1.69. The van der Waals surface area contributed by atoms with E-state index in [0.717, 1.165) is 0 Å². The molecule has 7 nitrogen and oxygen atoms in total. The van der Waals surface area contributed by atoms with Gasteiger partial charge >= 0.3 is 0 Å². The van der Waals surface area contributed by atoms with E-state index in [1.165, 1.54) is 6.20 Å². The van der Waals surface area contributed by atoms with Gasteiger partial charge in [0.15, 0.2) is 0 Å². The van der Waals surface area contributed by atoms with Crippen molar-refractivity contribution in [3.8, 4) is 6.07 Å². The Kier molecular flexibility index (Phi) is 4.66. The van der Waals surface area contributed by atoms with Crippen LogP contribution in [0.5, 0.6) is 0 Å². The van der Waals surface area contributed by atoms with Crippen molar-refractivity contribution in [3.05, 3.63) is 47.8 Å². The molecule has 2 rings (SSSR count). The first-order chi connectivity index (χ1) is 10.2. The Bertz CT molecular complexity index is 679. The van der Waals surface area contributed by atoms with Crippen molar-refractivity contribution in [1.29, 1.82) is 5.26 Å². The Morgan fingerprint density at radius 1 is 1.24 bits per heavy atom. The number of nitrogens with two attached hydrogens (primary N) is 1. The number of primary amides is 1. The van der Waals surface area contributed by atoms with E-state index in [1.807, 2.05) is 0 Å². The molecule has 0 aliphatic carbocycles. The first-order valence-electron chi connectivity index (χ1n) is 6.29. The average Bonchev–Trinajstić information content (AvgIpc) is 2.52. The molecule has 4 N–H and O–H groups in total. The highest BCUT2D eigenvalue weighted by atomic mass is 16.1. The number of anilines is 2. The third-order valence-electron chi connectivity index (χ3n) is 2.70. The van der Waals surface area contributed by atoms with Crippen LogP contribution in [-0.4, -0.2) is 29.0 Å². The van der Waals surface area contributed by atoms with Crippen LogP contribution in [0.4, 0.5) is 11.6 Å². The molecule has 0 radical (unpaired) electrons. The van der Waals surface area contributed by atoms with Gasteiger partial charge in [0.2, 0.25) is 5.91 Å². The number of hydrogen-bond donors (Lipinski definition) is 3. The lowest BCUT2D eigenvalue weighted by Crippen LogP contribution is -2.16. The minimum Gasteiger partial charge on any atom is -0.368 e. The van der Waals surface area contributed by atoms with Crippen molar-refractivity contribution in [2.45, 2.75) is 0 Å². The lowest BCUT2D eigenvalue weighted by Gasteiger charge is -2.09. The highest BCUT2D eigenvalue weighted by Gasteiger charge is 2.03. The maximum atomic E-state index is 11.1. The van der Waals surface area contributed by atoms with Crippen LogP contribution in [0, 0.1) is 11.3 Å². The Balaban J connectivity index is 1.86. The highest BCUT2D eigenvalue weighted by Crippen LogP contribution is 2.09. The quantitative estimate of drug-likeness (QED) is 0.680. The molecule has 21 heavy (non-hydrogen) atoms. The first-order valence-corrected chi connectivity index (χ1v) is 6.29. The van der Waals surface area contributed by atoms with Crippen molar-refractivity contribution in [3.63, 3.8) is 0 Å². The van der Waals surface area contributed by atoms with Crippen LogP contribution in [0.15, 0.2) is 36.7 Å². The number of carbonyl (C=O) groups excluding carboxylic acids is 1. The van der Waals surface area contributed by atoms with Gasteiger partial charge in [0.05, 0.1) is 5.56 Å². The number of nitrogens with one attached hydrogen (secondary N) is 2. The van der Waals surface area contributed by atoms with E-state index >= 15 is 0 Å². The van der Waals surface area contributed by atoms with Gasteiger partial charge in [-0.15, -0.1) is 0 Å². The zero-order valence-corrected chi connectivity index (χ0v) is 11.2. The summed E-state index contributed by atoms with van der Waals surface area (Å²) in [6, 6.07) is 8.61.